The van der Waals surface area contributed by atoms with Gasteiger partial charge in [-0.1, -0.05) is 6.42 Å². The van der Waals surface area contributed by atoms with E-state index in [0.29, 0.717) is 18.4 Å². The van der Waals surface area contributed by atoms with E-state index in [-0.39, 0.29) is 17.1 Å². The Kier molecular flexibility index (Phi) is 2.87. The van der Waals surface area contributed by atoms with Gasteiger partial charge in [0, 0.05) is 0 Å². The topological polar surface area (TPSA) is 90.6 Å². The molecule has 0 amide bonds. The standard InChI is InChI=1S/C13H13NO4/c1-18-11-8(7-14)5-9(6-10(11)15)13(12(16)17)3-2-4-13/h5-6,15H,2-4H2,1H3,(H,16,17). The van der Waals surface area contributed by atoms with E-state index in [9.17, 15) is 15.0 Å². The lowest BCUT2D eigenvalue weighted by molar-refractivity contribution is -0.147. The van der Waals surface area contributed by atoms with Crippen molar-refractivity contribution in [3.8, 4) is 17.6 Å². The minimum atomic E-state index is -0.963. The van der Waals surface area contributed by atoms with Crippen LogP contribution in [0.15, 0.2) is 12.1 Å². The summed E-state index contributed by atoms with van der Waals surface area (Å²) in [4.78, 5) is 11.4. The fourth-order valence-electron chi connectivity index (χ4n) is 2.34. The molecule has 1 aromatic rings. The van der Waals surface area contributed by atoms with Gasteiger partial charge in [0.25, 0.3) is 0 Å². The fraction of sp³-hybridized carbons (Fsp3) is 0.385. The highest BCUT2D eigenvalue weighted by Gasteiger charge is 2.46. The van der Waals surface area contributed by atoms with Gasteiger partial charge in [-0.05, 0) is 30.5 Å². The summed E-state index contributed by atoms with van der Waals surface area (Å²) < 4.78 is 4.93. The van der Waals surface area contributed by atoms with E-state index in [2.05, 4.69) is 0 Å². The van der Waals surface area contributed by atoms with Crippen molar-refractivity contribution in [2.24, 2.45) is 0 Å². The first-order valence-electron chi connectivity index (χ1n) is 5.60. The third kappa shape index (κ3) is 1.58. The molecule has 1 aliphatic carbocycles. The number of hydrogen-bond acceptors (Lipinski definition) is 4. The molecular weight excluding hydrogens is 234 g/mol. The Morgan fingerprint density at radius 2 is 2.17 bits per heavy atom. The predicted molar refractivity (Wildman–Crippen MR) is 62.5 cm³/mol. The average molecular weight is 247 g/mol. The largest absolute Gasteiger partial charge is 0.504 e. The van der Waals surface area contributed by atoms with Gasteiger partial charge >= 0.3 is 5.97 Å². The Bertz CT molecular complexity index is 541. The molecule has 1 fully saturated rings. The summed E-state index contributed by atoms with van der Waals surface area (Å²) in [5, 5.41) is 28.1. The van der Waals surface area contributed by atoms with Crippen LogP contribution in [0.1, 0.15) is 30.4 Å². The molecule has 0 heterocycles. The van der Waals surface area contributed by atoms with Crippen molar-refractivity contribution >= 4 is 5.97 Å². The van der Waals surface area contributed by atoms with Crippen LogP contribution in [0.25, 0.3) is 0 Å². The summed E-state index contributed by atoms with van der Waals surface area (Å²) in [7, 11) is 1.35. The van der Waals surface area contributed by atoms with E-state index in [4.69, 9.17) is 10.00 Å². The number of ether oxygens (including phenoxy) is 1. The minimum absolute atomic E-state index is 0.0844. The van der Waals surface area contributed by atoms with Gasteiger partial charge in [0.15, 0.2) is 11.5 Å². The van der Waals surface area contributed by atoms with Gasteiger partial charge in [0.1, 0.15) is 6.07 Å². The smallest absolute Gasteiger partial charge is 0.314 e. The summed E-state index contributed by atoms with van der Waals surface area (Å²) in [5.74, 6) is -1.03. The number of benzene rings is 1. The van der Waals surface area contributed by atoms with Crippen molar-refractivity contribution in [3.63, 3.8) is 0 Å². The van der Waals surface area contributed by atoms with Crippen LogP contribution in [-0.4, -0.2) is 23.3 Å². The zero-order valence-electron chi connectivity index (χ0n) is 9.93. The summed E-state index contributed by atoms with van der Waals surface area (Å²) >= 11 is 0. The van der Waals surface area contributed by atoms with Crippen molar-refractivity contribution in [3.05, 3.63) is 23.3 Å². The maximum Gasteiger partial charge on any atom is 0.314 e. The Labute approximate surface area is 104 Å². The van der Waals surface area contributed by atoms with Gasteiger partial charge in [0.05, 0.1) is 18.1 Å². The summed E-state index contributed by atoms with van der Waals surface area (Å²) in [6.07, 6.45) is 1.89. The molecule has 0 aliphatic heterocycles. The van der Waals surface area contributed by atoms with Gasteiger partial charge in [-0.15, -0.1) is 0 Å². The highest BCUT2D eigenvalue weighted by molar-refractivity contribution is 5.83. The summed E-state index contributed by atoms with van der Waals surface area (Å²) in [5.41, 5.74) is -0.342. The van der Waals surface area contributed by atoms with E-state index in [0.717, 1.165) is 6.42 Å². The number of nitrogens with zero attached hydrogens (tertiary/aromatic N) is 1. The zero-order valence-corrected chi connectivity index (χ0v) is 9.93. The van der Waals surface area contributed by atoms with Crippen molar-refractivity contribution in [2.75, 3.05) is 7.11 Å². The number of aliphatic carboxylic acids is 1. The molecule has 0 radical (unpaired) electrons. The normalized spacial score (nSPS) is 16.4. The molecule has 1 saturated carbocycles. The predicted octanol–water partition coefficient (Wildman–Crippen LogP) is 1.78. The van der Waals surface area contributed by atoms with Gasteiger partial charge in [-0.3, -0.25) is 4.79 Å². The number of carboxylic acids is 1. The summed E-state index contributed by atoms with van der Waals surface area (Å²) in [6.45, 7) is 0. The zero-order chi connectivity index (χ0) is 13.3. The van der Waals surface area contributed by atoms with Crippen LogP contribution in [0.4, 0.5) is 0 Å². The van der Waals surface area contributed by atoms with Crippen molar-refractivity contribution in [1.82, 2.24) is 0 Å². The number of hydrogen-bond donors (Lipinski definition) is 2. The van der Waals surface area contributed by atoms with E-state index < -0.39 is 11.4 Å². The lowest BCUT2D eigenvalue weighted by Gasteiger charge is -2.38. The first-order valence-corrected chi connectivity index (χ1v) is 5.60. The molecule has 0 spiro atoms. The van der Waals surface area contributed by atoms with Crippen molar-refractivity contribution in [2.45, 2.75) is 24.7 Å². The molecule has 94 valence electrons. The van der Waals surface area contributed by atoms with Crippen LogP contribution >= 0.6 is 0 Å². The molecule has 0 aromatic heterocycles. The first kappa shape index (κ1) is 12.2. The number of aromatic hydroxyl groups is 1. The number of methoxy groups -OCH3 is 1. The maximum absolute atomic E-state index is 11.4. The van der Waals surface area contributed by atoms with Crippen LogP contribution in [0.3, 0.4) is 0 Å². The highest BCUT2D eigenvalue weighted by Crippen LogP contribution is 2.46. The second kappa shape index (κ2) is 4.22. The Morgan fingerprint density at radius 1 is 1.50 bits per heavy atom. The third-order valence-electron chi connectivity index (χ3n) is 3.56. The third-order valence-corrected chi connectivity index (χ3v) is 3.56. The molecule has 5 heteroatoms. The molecular formula is C13H13NO4. The minimum Gasteiger partial charge on any atom is -0.504 e. The second-order valence-corrected chi connectivity index (χ2v) is 4.43. The molecule has 2 rings (SSSR count). The molecule has 18 heavy (non-hydrogen) atoms. The first-order chi connectivity index (χ1) is 8.55. The van der Waals surface area contributed by atoms with E-state index in [1.807, 2.05) is 6.07 Å². The molecule has 2 N–H and O–H groups in total. The van der Waals surface area contributed by atoms with Crippen LogP contribution < -0.4 is 4.74 Å². The molecule has 0 unspecified atom stereocenters. The second-order valence-electron chi connectivity index (χ2n) is 4.43. The number of carbonyl (C=O) groups is 1. The molecule has 1 aliphatic rings. The van der Waals surface area contributed by atoms with Crippen molar-refractivity contribution < 1.29 is 19.7 Å². The van der Waals surface area contributed by atoms with Crippen molar-refractivity contribution in [1.29, 1.82) is 5.26 Å². The number of phenolic OH excluding ortho intramolecular Hbond substituents is 1. The Balaban J connectivity index is 2.57. The SMILES string of the molecule is COc1c(O)cc(C2(C(=O)O)CCC2)cc1C#N. The Morgan fingerprint density at radius 3 is 2.56 bits per heavy atom. The summed E-state index contributed by atoms with van der Waals surface area (Å²) in [6, 6.07) is 4.78. The number of carboxylic acid groups (broad SMARTS) is 1. The Hall–Kier alpha value is -2.22. The lowest BCUT2D eigenvalue weighted by atomic mass is 9.64. The number of nitriles is 1. The number of rotatable bonds is 3. The van der Waals surface area contributed by atoms with E-state index in [1.165, 1.54) is 19.2 Å². The van der Waals surface area contributed by atoms with Crippen LogP contribution in [0.2, 0.25) is 0 Å². The highest BCUT2D eigenvalue weighted by atomic mass is 16.5. The van der Waals surface area contributed by atoms with Crippen LogP contribution in [-0.2, 0) is 10.2 Å². The molecule has 1 aromatic carbocycles. The van der Waals surface area contributed by atoms with Crippen LogP contribution in [0, 0.1) is 11.3 Å². The average Bonchev–Trinajstić information content (AvgIpc) is 2.26. The fourth-order valence-corrected chi connectivity index (χ4v) is 2.34. The van der Waals surface area contributed by atoms with Gasteiger partial charge in [-0.25, -0.2) is 0 Å². The van der Waals surface area contributed by atoms with E-state index >= 15 is 0 Å². The molecule has 0 saturated heterocycles. The monoisotopic (exact) mass is 247 g/mol. The quantitative estimate of drug-likeness (QED) is 0.849. The lowest BCUT2D eigenvalue weighted by Crippen LogP contribution is -2.42. The van der Waals surface area contributed by atoms with Gasteiger partial charge in [0.2, 0.25) is 0 Å². The van der Waals surface area contributed by atoms with Gasteiger partial charge < -0.3 is 14.9 Å². The van der Waals surface area contributed by atoms with E-state index in [1.54, 1.807) is 0 Å². The molecule has 0 bridgehead atoms. The maximum atomic E-state index is 11.4. The van der Waals surface area contributed by atoms with Crippen LogP contribution in [0.5, 0.6) is 11.5 Å². The van der Waals surface area contributed by atoms with Gasteiger partial charge in [-0.2, -0.15) is 5.26 Å². The molecule has 0 atom stereocenters. The molecule has 5 nitrogen and oxygen atoms in total. The number of phenols is 1.